The van der Waals surface area contributed by atoms with Gasteiger partial charge in [-0.3, -0.25) is 0 Å². The van der Waals surface area contributed by atoms with Crippen LogP contribution in [0, 0.1) is 0 Å². The van der Waals surface area contributed by atoms with Gasteiger partial charge in [-0.15, -0.1) is 0 Å². The molecule has 0 bridgehead atoms. The third-order valence-corrected chi connectivity index (χ3v) is 3.06. The molecule has 0 aliphatic heterocycles. The first-order valence-corrected chi connectivity index (χ1v) is 6.34. The van der Waals surface area contributed by atoms with Gasteiger partial charge >= 0.3 is 0 Å². The molecule has 0 aromatic heterocycles. The SMILES string of the molecule is COc1cc(OC)c(N=C(N)c2ccccc2)cc1Cl. The summed E-state index contributed by atoms with van der Waals surface area (Å²) in [5.74, 6) is 1.47. The Labute approximate surface area is 122 Å². The Kier molecular flexibility index (Phi) is 4.48. The highest BCUT2D eigenvalue weighted by atomic mass is 35.5. The van der Waals surface area contributed by atoms with Crippen molar-refractivity contribution in [1.82, 2.24) is 0 Å². The molecule has 4 nitrogen and oxygen atoms in total. The van der Waals surface area contributed by atoms with E-state index in [0.717, 1.165) is 5.56 Å². The van der Waals surface area contributed by atoms with Crippen molar-refractivity contribution in [2.24, 2.45) is 10.7 Å². The maximum atomic E-state index is 6.10. The molecule has 0 amide bonds. The number of methoxy groups -OCH3 is 2. The molecule has 0 saturated heterocycles. The van der Waals surface area contributed by atoms with Gasteiger partial charge in [-0.05, 0) is 6.07 Å². The quantitative estimate of drug-likeness (QED) is 0.693. The van der Waals surface area contributed by atoms with Crippen molar-refractivity contribution in [2.45, 2.75) is 0 Å². The van der Waals surface area contributed by atoms with Crippen LogP contribution < -0.4 is 15.2 Å². The number of hydrogen-bond acceptors (Lipinski definition) is 3. The Bertz CT molecular complexity index is 627. The maximum Gasteiger partial charge on any atom is 0.148 e. The zero-order chi connectivity index (χ0) is 14.5. The molecule has 2 rings (SSSR count). The van der Waals surface area contributed by atoms with Crippen LogP contribution in [0.1, 0.15) is 5.56 Å². The van der Waals surface area contributed by atoms with Gasteiger partial charge in [0.15, 0.2) is 0 Å². The lowest BCUT2D eigenvalue weighted by Gasteiger charge is -2.10. The first-order chi connectivity index (χ1) is 9.65. The van der Waals surface area contributed by atoms with Crippen molar-refractivity contribution < 1.29 is 9.47 Å². The van der Waals surface area contributed by atoms with Crippen LogP contribution in [-0.4, -0.2) is 20.1 Å². The van der Waals surface area contributed by atoms with Crippen molar-refractivity contribution in [3.8, 4) is 11.5 Å². The number of aliphatic imine (C=N–C) groups is 1. The minimum Gasteiger partial charge on any atom is -0.495 e. The highest BCUT2D eigenvalue weighted by Gasteiger charge is 2.10. The van der Waals surface area contributed by atoms with Gasteiger partial charge in [0.2, 0.25) is 0 Å². The molecule has 2 aromatic rings. The molecule has 0 unspecified atom stereocenters. The molecule has 2 aromatic carbocycles. The van der Waals surface area contributed by atoms with E-state index in [0.29, 0.717) is 28.0 Å². The zero-order valence-corrected chi connectivity index (χ0v) is 12.0. The fourth-order valence-corrected chi connectivity index (χ4v) is 1.97. The fraction of sp³-hybridized carbons (Fsp3) is 0.133. The van der Waals surface area contributed by atoms with E-state index >= 15 is 0 Å². The second-order valence-corrected chi connectivity index (χ2v) is 4.43. The number of rotatable bonds is 4. The molecule has 104 valence electrons. The van der Waals surface area contributed by atoms with E-state index in [2.05, 4.69) is 4.99 Å². The molecule has 0 radical (unpaired) electrons. The van der Waals surface area contributed by atoms with Crippen LogP contribution in [-0.2, 0) is 0 Å². The lowest BCUT2D eigenvalue weighted by atomic mass is 10.2. The molecule has 0 heterocycles. The molecule has 2 N–H and O–H groups in total. The Morgan fingerprint density at radius 3 is 2.30 bits per heavy atom. The van der Waals surface area contributed by atoms with E-state index in [9.17, 15) is 0 Å². The first kappa shape index (κ1) is 14.2. The summed E-state index contributed by atoms with van der Waals surface area (Å²) < 4.78 is 10.4. The Hall–Kier alpha value is -2.20. The zero-order valence-electron chi connectivity index (χ0n) is 11.3. The summed E-state index contributed by atoms with van der Waals surface area (Å²) in [5.41, 5.74) is 7.38. The van der Waals surface area contributed by atoms with Crippen LogP contribution in [0.5, 0.6) is 11.5 Å². The van der Waals surface area contributed by atoms with Gasteiger partial charge in [0, 0.05) is 11.6 Å². The molecule has 0 atom stereocenters. The molecule has 20 heavy (non-hydrogen) atoms. The predicted molar refractivity (Wildman–Crippen MR) is 81.4 cm³/mol. The van der Waals surface area contributed by atoms with Crippen LogP contribution >= 0.6 is 11.6 Å². The van der Waals surface area contributed by atoms with Crippen LogP contribution in [0.2, 0.25) is 5.02 Å². The van der Waals surface area contributed by atoms with E-state index in [4.69, 9.17) is 26.8 Å². The lowest BCUT2D eigenvalue weighted by molar-refractivity contribution is 0.395. The Morgan fingerprint density at radius 1 is 1.05 bits per heavy atom. The number of ether oxygens (including phenoxy) is 2. The first-order valence-electron chi connectivity index (χ1n) is 5.96. The topological polar surface area (TPSA) is 56.8 Å². The van der Waals surface area contributed by atoms with E-state index in [1.807, 2.05) is 30.3 Å². The summed E-state index contributed by atoms with van der Waals surface area (Å²) in [5, 5.41) is 0.452. The molecule has 0 aliphatic carbocycles. The molecule has 0 saturated carbocycles. The Morgan fingerprint density at radius 2 is 1.70 bits per heavy atom. The third-order valence-electron chi connectivity index (χ3n) is 2.76. The minimum atomic E-state index is 0.394. The van der Waals surface area contributed by atoms with Gasteiger partial charge < -0.3 is 15.2 Å². The van der Waals surface area contributed by atoms with Crippen molar-refractivity contribution >= 4 is 23.1 Å². The lowest BCUT2D eigenvalue weighted by Crippen LogP contribution is -2.12. The smallest absolute Gasteiger partial charge is 0.148 e. The minimum absolute atomic E-state index is 0.394. The van der Waals surface area contributed by atoms with Crippen molar-refractivity contribution in [2.75, 3.05) is 14.2 Å². The van der Waals surface area contributed by atoms with Crippen LogP contribution in [0.15, 0.2) is 47.5 Å². The number of nitrogens with zero attached hydrogens (tertiary/aromatic N) is 1. The number of amidine groups is 1. The van der Waals surface area contributed by atoms with E-state index < -0.39 is 0 Å². The summed E-state index contributed by atoms with van der Waals surface area (Å²) in [4.78, 5) is 4.37. The van der Waals surface area contributed by atoms with Crippen LogP contribution in [0.25, 0.3) is 0 Å². The fourth-order valence-electron chi connectivity index (χ4n) is 1.73. The summed E-state index contributed by atoms with van der Waals surface area (Å²) in [6, 6.07) is 12.8. The van der Waals surface area contributed by atoms with E-state index in [1.54, 1.807) is 26.4 Å². The average Bonchev–Trinajstić information content (AvgIpc) is 2.48. The molecule has 0 spiro atoms. The highest BCUT2D eigenvalue weighted by molar-refractivity contribution is 6.32. The molecular formula is C15H15ClN2O2. The van der Waals surface area contributed by atoms with Gasteiger partial charge in [-0.2, -0.15) is 0 Å². The summed E-state index contributed by atoms with van der Waals surface area (Å²) >= 11 is 6.10. The van der Waals surface area contributed by atoms with Crippen LogP contribution in [0.3, 0.4) is 0 Å². The van der Waals surface area contributed by atoms with Gasteiger partial charge in [0.25, 0.3) is 0 Å². The monoisotopic (exact) mass is 290 g/mol. The van der Waals surface area contributed by atoms with Crippen molar-refractivity contribution in [3.63, 3.8) is 0 Å². The molecule has 0 fully saturated rings. The molecule has 5 heteroatoms. The normalized spacial score (nSPS) is 11.2. The number of benzene rings is 2. The number of hydrogen-bond donors (Lipinski definition) is 1. The summed E-state index contributed by atoms with van der Waals surface area (Å²) in [6.07, 6.45) is 0. The van der Waals surface area contributed by atoms with Gasteiger partial charge in [-0.1, -0.05) is 41.9 Å². The maximum absolute atomic E-state index is 6.10. The van der Waals surface area contributed by atoms with E-state index in [1.165, 1.54) is 0 Å². The van der Waals surface area contributed by atoms with E-state index in [-0.39, 0.29) is 0 Å². The molecule has 0 aliphatic rings. The van der Waals surface area contributed by atoms with Crippen molar-refractivity contribution in [3.05, 3.63) is 53.1 Å². The second-order valence-electron chi connectivity index (χ2n) is 4.02. The Balaban J connectivity index is 2.45. The second kappa shape index (κ2) is 6.30. The van der Waals surface area contributed by atoms with Gasteiger partial charge in [0.1, 0.15) is 23.0 Å². The van der Waals surface area contributed by atoms with Gasteiger partial charge in [-0.25, -0.2) is 4.99 Å². The number of nitrogens with two attached hydrogens (primary N) is 1. The largest absolute Gasteiger partial charge is 0.495 e. The van der Waals surface area contributed by atoms with Crippen LogP contribution in [0.4, 0.5) is 5.69 Å². The average molecular weight is 291 g/mol. The molecular weight excluding hydrogens is 276 g/mol. The standard InChI is InChI=1S/C15H15ClN2O2/c1-19-13-9-14(20-2)12(8-11(13)16)18-15(17)10-6-4-3-5-7-10/h3-9H,1-2H3,(H2,17,18). The summed E-state index contributed by atoms with van der Waals surface area (Å²) in [7, 11) is 3.10. The summed E-state index contributed by atoms with van der Waals surface area (Å²) in [6.45, 7) is 0. The third kappa shape index (κ3) is 3.03. The highest BCUT2D eigenvalue weighted by Crippen LogP contribution is 2.37. The van der Waals surface area contributed by atoms with Crippen molar-refractivity contribution in [1.29, 1.82) is 0 Å². The van der Waals surface area contributed by atoms with Gasteiger partial charge in [0.05, 0.1) is 19.2 Å². The predicted octanol–water partition coefficient (Wildman–Crippen LogP) is 3.39. The number of halogens is 1.